The van der Waals surface area contributed by atoms with E-state index in [2.05, 4.69) is 31.3 Å². The van der Waals surface area contributed by atoms with Crippen molar-refractivity contribution < 1.29 is 32.9 Å². The molecule has 0 spiro atoms. The summed E-state index contributed by atoms with van der Waals surface area (Å²) >= 11 is 0. The standard InChI is InChI=1S/C69H137N2O6P/c1-6-8-10-12-14-16-18-20-22-24-25-26-27-28-29-30-31-32-33-34-35-36-37-38-39-40-41-42-43-44-45-46-47-49-51-53-55-57-59-61-63-69(73)70-67(66-77-78(74,75)76-65-64-71(3,4)5)68(72)62-60-58-56-54-52-50-48-23-21-19-17-15-13-11-9-7-2/h52,54,60,62,67-68,72H,6-51,53,55-59,61,63-66H2,1-5H3,(H-,70,73,74,75)/p+1/b54-52+,62-60+. The lowest BCUT2D eigenvalue weighted by atomic mass is 10.0. The van der Waals surface area contributed by atoms with Gasteiger partial charge < -0.3 is 19.8 Å². The van der Waals surface area contributed by atoms with Gasteiger partial charge in [-0.3, -0.25) is 13.8 Å². The molecular formula is C69H138N2O6P+. The number of hydrogen-bond donors (Lipinski definition) is 3. The summed E-state index contributed by atoms with van der Waals surface area (Å²) in [6, 6.07) is -0.860. The molecule has 78 heavy (non-hydrogen) atoms. The van der Waals surface area contributed by atoms with Gasteiger partial charge in [-0.25, -0.2) is 4.57 Å². The van der Waals surface area contributed by atoms with Crippen LogP contribution < -0.4 is 5.32 Å². The molecule has 1 amide bonds. The summed E-state index contributed by atoms with van der Waals surface area (Å²) in [4.78, 5) is 23.3. The van der Waals surface area contributed by atoms with Gasteiger partial charge in [-0.1, -0.05) is 346 Å². The number of nitrogens with zero attached hydrogens (tertiary/aromatic N) is 1. The summed E-state index contributed by atoms with van der Waals surface area (Å²) in [5.41, 5.74) is 0. The predicted octanol–water partition coefficient (Wildman–Crippen LogP) is 21.9. The Balaban J connectivity index is 3.86. The van der Waals surface area contributed by atoms with Gasteiger partial charge in [-0.15, -0.1) is 0 Å². The van der Waals surface area contributed by atoms with E-state index >= 15 is 0 Å². The van der Waals surface area contributed by atoms with Crippen molar-refractivity contribution in [3.8, 4) is 0 Å². The topological polar surface area (TPSA) is 105 Å². The molecular weight excluding hydrogens is 984 g/mol. The fourth-order valence-corrected chi connectivity index (χ4v) is 11.5. The number of carbonyl (C=O) groups excluding carboxylic acids is 1. The number of aliphatic hydroxyl groups excluding tert-OH is 1. The Morgan fingerprint density at radius 2 is 0.705 bits per heavy atom. The molecule has 0 aliphatic heterocycles. The minimum Gasteiger partial charge on any atom is -0.387 e. The summed E-state index contributed by atoms with van der Waals surface area (Å²) < 4.78 is 23.7. The van der Waals surface area contributed by atoms with Crippen molar-refractivity contribution in [2.75, 3.05) is 40.9 Å². The highest BCUT2D eigenvalue weighted by molar-refractivity contribution is 7.47. The summed E-state index contributed by atoms with van der Waals surface area (Å²) in [6.07, 6.45) is 79.3. The number of aliphatic hydroxyl groups is 1. The lowest BCUT2D eigenvalue weighted by molar-refractivity contribution is -0.870. The van der Waals surface area contributed by atoms with E-state index < -0.39 is 20.0 Å². The number of hydrogen-bond acceptors (Lipinski definition) is 5. The Bertz CT molecular complexity index is 1320. The van der Waals surface area contributed by atoms with Crippen LogP contribution in [0.2, 0.25) is 0 Å². The Kier molecular flexibility index (Phi) is 59.8. The van der Waals surface area contributed by atoms with Crippen LogP contribution in [-0.2, 0) is 18.4 Å². The van der Waals surface area contributed by atoms with E-state index in [9.17, 15) is 19.4 Å². The van der Waals surface area contributed by atoms with Crippen molar-refractivity contribution in [1.82, 2.24) is 5.32 Å². The van der Waals surface area contributed by atoms with Crippen LogP contribution in [-0.4, -0.2) is 73.4 Å². The minimum atomic E-state index is -4.35. The van der Waals surface area contributed by atoms with E-state index in [1.165, 1.54) is 302 Å². The third-order valence-corrected chi connectivity index (χ3v) is 17.2. The van der Waals surface area contributed by atoms with Crippen LogP contribution in [0.5, 0.6) is 0 Å². The van der Waals surface area contributed by atoms with Gasteiger partial charge >= 0.3 is 7.82 Å². The highest BCUT2D eigenvalue weighted by atomic mass is 31.2. The number of phosphoric ester groups is 1. The van der Waals surface area contributed by atoms with Gasteiger partial charge in [0.15, 0.2) is 0 Å². The molecule has 8 nitrogen and oxygen atoms in total. The first-order chi connectivity index (χ1) is 38.0. The van der Waals surface area contributed by atoms with E-state index in [-0.39, 0.29) is 19.1 Å². The molecule has 0 saturated carbocycles. The second kappa shape index (κ2) is 60.6. The molecule has 0 saturated heterocycles. The molecule has 0 bridgehead atoms. The van der Waals surface area contributed by atoms with E-state index in [1.54, 1.807) is 6.08 Å². The third-order valence-electron chi connectivity index (χ3n) is 16.2. The third kappa shape index (κ3) is 62.6. The van der Waals surface area contributed by atoms with Gasteiger partial charge in [0.1, 0.15) is 13.2 Å². The number of rotatable bonds is 65. The molecule has 3 unspecified atom stereocenters. The monoisotopic (exact) mass is 1120 g/mol. The smallest absolute Gasteiger partial charge is 0.387 e. The fourth-order valence-electron chi connectivity index (χ4n) is 10.8. The van der Waals surface area contributed by atoms with Crippen molar-refractivity contribution in [3.05, 3.63) is 24.3 Å². The van der Waals surface area contributed by atoms with Crippen LogP contribution >= 0.6 is 7.82 Å². The molecule has 464 valence electrons. The average molecular weight is 1120 g/mol. The first kappa shape index (κ1) is 77.0. The maximum Gasteiger partial charge on any atom is 0.472 e. The molecule has 9 heteroatoms. The largest absolute Gasteiger partial charge is 0.472 e. The number of unbranched alkanes of at least 4 members (excludes halogenated alkanes) is 50. The van der Waals surface area contributed by atoms with Crippen LogP contribution in [0.3, 0.4) is 0 Å². The fraction of sp³-hybridized carbons (Fsp3) is 0.928. The van der Waals surface area contributed by atoms with Crippen molar-refractivity contribution in [2.24, 2.45) is 0 Å². The second-order valence-corrected chi connectivity index (χ2v) is 26.7. The lowest BCUT2D eigenvalue weighted by Crippen LogP contribution is -2.45. The highest BCUT2D eigenvalue weighted by Crippen LogP contribution is 2.43. The maximum absolute atomic E-state index is 13.0. The van der Waals surface area contributed by atoms with E-state index in [1.807, 2.05) is 27.2 Å². The van der Waals surface area contributed by atoms with Crippen LogP contribution in [0, 0.1) is 0 Å². The van der Waals surface area contributed by atoms with E-state index in [4.69, 9.17) is 9.05 Å². The average Bonchev–Trinajstić information content (AvgIpc) is 3.41. The Morgan fingerprint density at radius 1 is 0.423 bits per heavy atom. The molecule has 0 aromatic heterocycles. The Morgan fingerprint density at radius 3 is 1.03 bits per heavy atom. The normalized spacial score (nSPS) is 13.8. The number of amides is 1. The number of phosphoric acid groups is 1. The second-order valence-electron chi connectivity index (χ2n) is 25.3. The van der Waals surface area contributed by atoms with Crippen LogP contribution in [0.25, 0.3) is 0 Å². The van der Waals surface area contributed by atoms with Gasteiger partial charge in [0.05, 0.1) is 39.9 Å². The van der Waals surface area contributed by atoms with E-state index in [0.717, 1.165) is 38.5 Å². The summed E-state index contributed by atoms with van der Waals surface area (Å²) in [5.74, 6) is -0.179. The minimum absolute atomic E-state index is 0.0588. The van der Waals surface area contributed by atoms with Crippen LogP contribution in [0.15, 0.2) is 24.3 Å². The summed E-state index contributed by atoms with van der Waals surface area (Å²) in [5, 5.41) is 13.9. The Hall–Kier alpha value is -1.02. The molecule has 0 aliphatic carbocycles. The number of allylic oxidation sites excluding steroid dienone is 3. The van der Waals surface area contributed by atoms with Crippen molar-refractivity contribution in [1.29, 1.82) is 0 Å². The molecule has 0 heterocycles. The quantitative estimate of drug-likeness (QED) is 0.0243. The molecule has 3 N–H and O–H groups in total. The molecule has 0 aromatic carbocycles. The zero-order valence-electron chi connectivity index (χ0n) is 53.2. The van der Waals surface area contributed by atoms with E-state index in [0.29, 0.717) is 17.4 Å². The summed E-state index contributed by atoms with van der Waals surface area (Å²) in [6.45, 7) is 4.84. The highest BCUT2D eigenvalue weighted by Gasteiger charge is 2.28. The van der Waals surface area contributed by atoms with Crippen molar-refractivity contribution >= 4 is 13.7 Å². The van der Waals surface area contributed by atoms with Crippen molar-refractivity contribution in [3.63, 3.8) is 0 Å². The molecule has 0 fully saturated rings. The zero-order chi connectivity index (χ0) is 57.0. The van der Waals surface area contributed by atoms with Crippen molar-refractivity contribution in [2.45, 2.75) is 373 Å². The van der Waals surface area contributed by atoms with Crippen LogP contribution in [0.1, 0.15) is 361 Å². The first-order valence-corrected chi connectivity index (χ1v) is 36.2. The maximum atomic E-state index is 13.0. The first-order valence-electron chi connectivity index (χ1n) is 34.7. The number of likely N-dealkylation sites (N-methyl/N-ethyl adjacent to an activating group) is 1. The van der Waals surface area contributed by atoms with Crippen LogP contribution in [0.4, 0.5) is 0 Å². The van der Waals surface area contributed by atoms with Gasteiger partial charge in [0.2, 0.25) is 5.91 Å². The van der Waals surface area contributed by atoms with Gasteiger partial charge in [0, 0.05) is 6.42 Å². The summed E-state index contributed by atoms with van der Waals surface area (Å²) in [7, 11) is 1.57. The molecule has 0 aromatic rings. The SMILES string of the molecule is CCCCCCCCCCCC/C=C/CC/C=C/C(O)C(COP(=O)(O)OCC[N+](C)(C)C)NC(=O)CCCCCCCCCCCCCCCCCCCCCCCCCCCCCCCCCCCCCCCCCC. The Labute approximate surface area is 487 Å². The zero-order valence-corrected chi connectivity index (χ0v) is 54.1. The van der Waals surface area contributed by atoms with Gasteiger partial charge in [-0.2, -0.15) is 0 Å². The molecule has 0 rings (SSSR count). The molecule has 0 aliphatic rings. The number of quaternary nitrogens is 1. The number of nitrogens with one attached hydrogen (secondary N) is 1. The molecule has 3 atom stereocenters. The predicted molar refractivity (Wildman–Crippen MR) is 342 cm³/mol. The number of carbonyl (C=O) groups is 1. The van der Waals surface area contributed by atoms with Gasteiger partial charge in [-0.05, 0) is 32.1 Å². The lowest BCUT2D eigenvalue weighted by Gasteiger charge is -2.25. The molecule has 0 radical (unpaired) electrons. The van der Waals surface area contributed by atoms with Gasteiger partial charge in [0.25, 0.3) is 0 Å².